The fourth-order valence-corrected chi connectivity index (χ4v) is 3.12. The second-order valence-corrected chi connectivity index (χ2v) is 7.10. The van der Waals surface area contributed by atoms with Gasteiger partial charge in [0.05, 0.1) is 25.1 Å². The first-order valence-electron chi connectivity index (χ1n) is 9.65. The van der Waals surface area contributed by atoms with Crippen LogP contribution in [0.5, 0.6) is 0 Å². The lowest BCUT2D eigenvalue weighted by molar-refractivity contribution is -0.145. The van der Waals surface area contributed by atoms with Gasteiger partial charge in [0.1, 0.15) is 18.3 Å². The summed E-state index contributed by atoms with van der Waals surface area (Å²) in [6, 6.07) is 6.49. The molecule has 1 aromatic carbocycles. The van der Waals surface area contributed by atoms with Gasteiger partial charge in [0.15, 0.2) is 5.96 Å². The number of aliphatic hydroxyl groups is 3. The van der Waals surface area contributed by atoms with Crippen molar-refractivity contribution in [3.05, 3.63) is 47.7 Å². The largest absolute Gasteiger partial charge is 0.478 e. The van der Waals surface area contributed by atoms with Crippen molar-refractivity contribution < 1.29 is 39.5 Å². The minimum Gasteiger partial charge on any atom is -0.478 e. The fraction of sp³-hybridized carbons (Fsp3) is 0.400. The number of nitrogens with one attached hydrogen (secondary N) is 2. The summed E-state index contributed by atoms with van der Waals surface area (Å²) in [4.78, 5) is 39.5. The molecule has 0 fully saturated rings. The Bertz CT molecular complexity index is 889. The molecule has 1 aliphatic heterocycles. The third-order valence-electron chi connectivity index (χ3n) is 4.57. The molecule has 1 aliphatic rings. The normalized spacial score (nSPS) is 22.7. The number of nitrogens with two attached hydrogens (primary N) is 1. The van der Waals surface area contributed by atoms with Gasteiger partial charge in [-0.2, -0.15) is 0 Å². The number of aliphatic hydroxyl groups excluding tert-OH is 3. The monoisotopic (exact) mass is 450 g/mol. The number of amides is 2. The van der Waals surface area contributed by atoms with Crippen LogP contribution in [0.2, 0.25) is 0 Å². The molecule has 1 aromatic rings. The van der Waals surface area contributed by atoms with Crippen molar-refractivity contribution in [3.8, 4) is 0 Å². The summed E-state index contributed by atoms with van der Waals surface area (Å²) in [5.41, 5.74) is 6.55. The minimum atomic E-state index is -1.77. The van der Waals surface area contributed by atoms with Gasteiger partial charge in [0, 0.05) is 6.92 Å². The maximum absolute atomic E-state index is 12.2. The number of benzene rings is 1. The number of carboxylic acid groups (broad SMARTS) is 1. The number of guanidine groups is 1. The number of carboxylic acids is 1. The second-order valence-electron chi connectivity index (χ2n) is 7.10. The van der Waals surface area contributed by atoms with Gasteiger partial charge in [-0.25, -0.2) is 9.79 Å². The lowest BCUT2D eigenvalue weighted by Gasteiger charge is -2.38. The molecule has 0 bridgehead atoms. The molecule has 2 rings (SSSR count). The Morgan fingerprint density at radius 1 is 1.22 bits per heavy atom. The van der Waals surface area contributed by atoms with Crippen LogP contribution in [0.4, 0.5) is 0 Å². The van der Waals surface area contributed by atoms with Gasteiger partial charge in [0.2, 0.25) is 17.6 Å². The zero-order valence-electron chi connectivity index (χ0n) is 17.2. The summed E-state index contributed by atoms with van der Waals surface area (Å²) in [6.07, 6.45) is -3.88. The van der Waals surface area contributed by atoms with Crippen molar-refractivity contribution in [2.24, 2.45) is 10.7 Å². The first kappa shape index (κ1) is 24.8. The van der Waals surface area contributed by atoms with Crippen molar-refractivity contribution in [1.29, 1.82) is 0 Å². The maximum Gasteiger partial charge on any atom is 0.370 e. The fourth-order valence-electron chi connectivity index (χ4n) is 3.12. The zero-order chi connectivity index (χ0) is 23.8. The average molecular weight is 450 g/mol. The Morgan fingerprint density at radius 2 is 1.88 bits per heavy atom. The molecule has 0 saturated heterocycles. The van der Waals surface area contributed by atoms with E-state index in [4.69, 9.17) is 15.6 Å². The molecular weight excluding hydrogens is 424 g/mol. The zero-order valence-corrected chi connectivity index (χ0v) is 17.2. The number of hydrogen-bond donors (Lipinski definition) is 7. The lowest BCUT2D eigenvalue weighted by Crippen LogP contribution is -2.60. The summed E-state index contributed by atoms with van der Waals surface area (Å²) in [5.74, 6) is -3.50. The number of aliphatic carboxylic acids is 1. The highest BCUT2D eigenvalue weighted by Crippen LogP contribution is 2.25. The van der Waals surface area contributed by atoms with E-state index in [1.54, 1.807) is 30.3 Å². The number of carbonyl (C=O) groups excluding carboxylic acids is 2. The number of rotatable bonds is 8. The van der Waals surface area contributed by atoms with E-state index < -0.39 is 60.5 Å². The average Bonchev–Trinajstić information content (AvgIpc) is 2.73. The van der Waals surface area contributed by atoms with E-state index in [0.29, 0.717) is 0 Å². The van der Waals surface area contributed by atoms with E-state index in [-0.39, 0.29) is 12.4 Å². The van der Waals surface area contributed by atoms with E-state index >= 15 is 0 Å². The molecule has 32 heavy (non-hydrogen) atoms. The third kappa shape index (κ3) is 6.77. The van der Waals surface area contributed by atoms with E-state index in [1.165, 1.54) is 6.92 Å². The van der Waals surface area contributed by atoms with Crippen LogP contribution in [-0.2, 0) is 25.5 Å². The van der Waals surface area contributed by atoms with Crippen LogP contribution in [0.1, 0.15) is 12.5 Å². The smallest absolute Gasteiger partial charge is 0.370 e. The molecule has 8 N–H and O–H groups in total. The Morgan fingerprint density at radius 3 is 2.44 bits per heavy atom. The van der Waals surface area contributed by atoms with Gasteiger partial charge >= 0.3 is 5.97 Å². The van der Waals surface area contributed by atoms with E-state index in [9.17, 15) is 29.7 Å². The number of hydrogen-bond acceptors (Lipinski definition) is 8. The van der Waals surface area contributed by atoms with Gasteiger partial charge in [-0.05, 0) is 11.6 Å². The quantitative estimate of drug-likeness (QED) is 0.166. The molecule has 5 atom stereocenters. The SMILES string of the molecule is CC(=O)N[C@H]1[C@H]([C@H](O)[C@H](O)CO)OC(C(=O)O)=C[C@@H]1N=C(N)NC(=O)Cc1ccccc1. The van der Waals surface area contributed by atoms with Crippen molar-refractivity contribution >= 4 is 23.7 Å². The highest BCUT2D eigenvalue weighted by molar-refractivity contribution is 5.97. The topological polar surface area (TPSA) is 204 Å². The predicted molar refractivity (Wildman–Crippen MR) is 111 cm³/mol. The van der Waals surface area contributed by atoms with Crippen molar-refractivity contribution in [1.82, 2.24) is 10.6 Å². The lowest BCUT2D eigenvalue weighted by atomic mass is 9.92. The molecule has 12 heteroatoms. The van der Waals surface area contributed by atoms with E-state index in [2.05, 4.69) is 15.6 Å². The van der Waals surface area contributed by atoms with Crippen molar-refractivity contribution in [2.75, 3.05) is 6.61 Å². The first-order chi connectivity index (χ1) is 15.1. The summed E-state index contributed by atoms with van der Waals surface area (Å²) in [6.45, 7) is 0.333. The van der Waals surface area contributed by atoms with Crippen LogP contribution in [0.15, 0.2) is 47.2 Å². The Hall–Kier alpha value is -3.48. The molecule has 0 radical (unpaired) electrons. The first-order valence-corrected chi connectivity index (χ1v) is 9.65. The van der Waals surface area contributed by atoms with Gasteiger partial charge in [-0.1, -0.05) is 30.3 Å². The molecule has 12 nitrogen and oxygen atoms in total. The molecule has 0 saturated carbocycles. The number of ether oxygens (including phenoxy) is 1. The molecule has 0 spiro atoms. The van der Waals surface area contributed by atoms with Gasteiger partial charge in [0.25, 0.3) is 0 Å². The molecule has 174 valence electrons. The van der Waals surface area contributed by atoms with Crippen LogP contribution in [-0.4, -0.2) is 81.2 Å². The van der Waals surface area contributed by atoms with Crippen LogP contribution in [0.25, 0.3) is 0 Å². The van der Waals surface area contributed by atoms with Gasteiger partial charge in [-0.15, -0.1) is 0 Å². The number of carbonyl (C=O) groups is 3. The standard InChI is InChI=1S/C20H26N4O8/c1-10(26)22-16-12(8-14(19(30)31)32-18(16)17(29)13(27)9-25)23-20(21)24-15(28)7-11-5-3-2-4-6-11/h2-6,8,12-13,16-18,25,27,29H,7,9H2,1H3,(H,22,26)(H,30,31)(H3,21,23,24,28)/t12-,13+,16+,17+,18+/m0/s1. The van der Waals surface area contributed by atoms with Gasteiger partial charge in [-0.3, -0.25) is 14.9 Å². The second kappa shape index (κ2) is 11.2. The van der Waals surface area contributed by atoms with E-state index in [0.717, 1.165) is 11.6 Å². The molecule has 2 amide bonds. The van der Waals surface area contributed by atoms with E-state index in [1.807, 2.05) is 0 Å². The molecule has 0 aromatic heterocycles. The Labute approximate surface area is 183 Å². The van der Waals surface area contributed by atoms with Crippen LogP contribution < -0.4 is 16.4 Å². The van der Waals surface area contributed by atoms with Crippen LogP contribution in [0.3, 0.4) is 0 Å². The highest BCUT2D eigenvalue weighted by Gasteiger charge is 2.43. The molecule has 0 unspecified atom stereocenters. The van der Waals surface area contributed by atoms with Crippen molar-refractivity contribution in [3.63, 3.8) is 0 Å². The minimum absolute atomic E-state index is 0.0141. The highest BCUT2D eigenvalue weighted by atomic mass is 16.5. The molecular formula is C20H26N4O8. The third-order valence-corrected chi connectivity index (χ3v) is 4.57. The summed E-state index contributed by atoms with van der Waals surface area (Å²) >= 11 is 0. The number of nitrogens with zero attached hydrogens (tertiary/aromatic N) is 1. The molecule has 0 aliphatic carbocycles. The molecule has 1 heterocycles. The summed E-state index contributed by atoms with van der Waals surface area (Å²) in [7, 11) is 0. The Kier molecular flexibility index (Phi) is 8.70. The van der Waals surface area contributed by atoms with Crippen LogP contribution in [0, 0.1) is 0 Å². The summed E-state index contributed by atoms with van der Waals surface area (Å²) < 4.78 is 5.25. The Balaban J connectivity index is 2.30. The van der Waals surface area contributed by atoms with Crippen molar-refractivity contribution in [2.45, 2.75) is 43.7 Å². The predicted octanol–water partition coefficient (Wildman–Crippen LogP) is -2.39. The maximum atomic E-state index is 12.2. The van der Waals surface area contributed by atoms with Gasteiger partial charge < -0.3 is 36.2 Å². The summed E-state index contributed by atoms with van der Waals surface area (Å²) in [5, 5.41) is 43.5. The number of aliphatic imine (C=N–C) groups is 1. The van der Waals surface area contributed by atoms with Crippen LogP contribution >= 0.6 is 0 Å².